The van der Waals surface area contributed by atoms with E-state index in [1.165, 1.54) is 0 Å². The summed E-state index contributed by atoms with van der Waals surface area (Å²) >= 11 is 0. The minimum Gasteiger partial charge on any atom is -0.448 e. The molecule has 0 bridgehead atoms. The molecule has 0 amide bonds. The average Bonchev–Trinajstić information content (AvgIpc) is 2.90. The summed E-state index contributed by atoms with van der Waals surface area (Å²) in [4.78, 5) is 2.05. The predicted octanol–water partition coefficient (Wildman–Crippen LogP) is 3.81. The number of rotatable bonds is 5. The summed E-state index contributed by atoms with van der Waals surface area (Å²) in [6, 6.07) is 7.66. The van der Waals surface area contributed by atoms with Crippen molar-refractivity contribution in [3.8, 4) is 0 Å². The van der Waals surface area contributed by atoms with Gasteiger partial charge in [0.2, 0.25) is 11.8 Å². The average molecular weight is 205 g/mol. The molecular weight excluding hydrogens is 190 g/mol. The van der Waals surface area contributed by atoms with Crippen molar-refractivity contribution in [1.29, 1.82) is 0 Å². The van der Waals surface area contributed by atoms with Crippen LogP contribution in [-0.4, -0.2) is 6.54 Å². The molecule has 0 aliphatic heterocycles. The zero-order chi connectivity index (χ0) is 10.5. The minimum absolute atomic E-state index is 0.832. The van der Waals surface area contributed by atoms with E-state index < -0.39 is 0 Å². The van der Waals surface area contributed by atoms with Crippen molar-refractivity contribution in [2.24, 2.45) is 0 Å². The highest BCUT2D eigenvalue weighted by Crippen LogP contribution is 2.26. The smallest absolute Gasteiger partial charge is 0.201 e. The topological polar surface area (TPSA) is 29.5 Å². The molecule has 0 aliphatic carbocycles. The Hall–Kier alpha value is -1.64. The number of hydrogen-bond donors (Lipinski definition) is 0. The van der Waals surface area contributed by atoms with Gasteiger partial charge in [0, 0.05) is 18.7 Å². The third kappa shape index (κ3) is 2.24. The van der Waals surface area contributed by atoms with E-state index in [1.807, 2.05) is 29.2 Å². The fourth-order valence-electron chi connectivity index (χ4n) is 1.49. The molecule has 2 rings (SSSR count). The van der Waals surface area contributed by atoms with Crippen molar-refractivity contribution in [2.45, 2.75) is 19.8 Å². The molecule has 3 heteroatoms. The van der Waals surface area contributed by atoms with Gasteiger partial charge in [-0.15, -0.1) is 0 Å². The molecule has 0 saturated heterocycles. The lowest BCUT2D eigenvalue weighted by Crippen LogP contribution is -2.16. The normalized spacial score (nSPS) is 10.5. The van der Waals surface area contributed by atoms with Crippen molar-refractivity contribution in [1.82, 2.24) is 0 Å². The molecular formula is C12H15NO2. The van der Waals surface area contributed by atoms with Crippen LogP contribution in [0.2, 0.25) is 0 Å². The maximum Gasteiger partial charge on any atom is 0.201 e. The van der Waals surface area contributed by atoms with Crippen LogP contribution in [0.4, 0.5) is 11.8 Å². The van der Waals surface area contributed by atoms with Gasteiger partial charge in [0.05, 0.1) is 12.5 Å². The van der Waals surface area contributed by atoms with E-state index in [4.69, 9.17) is 8.83 Å². The molecule has 0 fully saturated rings. The maximum absolute atomic E-state index is 5.38. The molecule has 0 N–H and O–H groups in total. The number of unbranched alkanes of at least 4 members (excludes halogenated alkanes) is 1. The number of furan rings is 2. The fourth-order valence-corrected chi connectivity index (χ4v) is 1.49. The van der Waals surface area contributed by atoms with Gasteiger partial charge < -0.3 is 8.83 Å². The van der Waals surface area contributed by atoms with Crippen LogP contribution in [0.1, 0.15) is 19.8 Å². The van der Waals surface area contributed by atoms with Crippen LogP contribution < -0.4 is 4.90 Å². The lowest BCUT2D eigenvalue weighted by molar-refractivity contribution is 0.517. The van der Waals surface area contributed by atoms with E-state index >= 15 is 0 Å². The van der Waals surface area contributed by atoms with E-state index in [9.17, 15) is 0 Å². The number of hydrogen-bond acceptors (Lipinski definition) is 3. The van der Waals surface area contributed by atoms with Crippen LogP contribution in [0.15, 0.2) is 45.6 Å². The summed E-state index contributed by atoms with van der Waals surface area (Å²) in [7, 11) is 0. The van der Waals surface area contributed by atoms with Crippen molar-refractivity contribution in [2.75, 3.05) is 11.4 Å². The summed E-state index contributed by atoms with van der Waals surface area (Å²) in [5.41, 5.74) is 0. The highest BCUT2D eigenvalue weighted by atomic mass is 16.4. The Kier molecular flexibility index (Phi) is 3.12. The van der Waals surface area contributed by atoms with Crippen LogP contribution >= 0.6 is 0 Å². The van der Waals surface area contributed by atoms with Crippen LogP contribution in [0.25, 0.3) is 0 Å². The first kappa shape index (κ1) is 9.90. The van der Waals surface area contributed by atoms with E-state index in [0.29, 0.717) is 0 Å². The quantitative estimate of drug-likeness (QED) is 0.743. The van der Waals surface area contributed by atoms with Crippen molar-refractivity contribution >= 4 is 11.8 Å². The Morgan fingerprint density at radius 1 is 1.07 bits per heavy atom. The van der Waals surface area contributed by atoms with Gasteiger partial charge >= 0.3 is 0 Å². The molecule has 2 aromatic heterocycles. The predicted molar refractivity (Wildman–Crippen MR) is 59.3 cm³/mol. The molecule has 2 aromatic rings. The number of nitrogens with zero attached hydrogens (tertiary/aromatic N) is 1. The Bertz CT molecular complexity index is 330. The maximum atomic E-state index is 5.38. The first-order chi connectivity index (χ1) is 7.42. The molecule has 2 heterocycles. The van der Waals surface area contributed by atoms with Gasteiger partial charge in [-0.05, 0) is 18.6 Å². The van der Waals surface area contributed by atoms with Gasteiger partial charge in [0.1, 0.15) is 0 Å². The molecule has 0 aliphatic rings. The van der Waals surface area contributed by atoms with E-state index in [0.717, 1.165) is 31.2 Å². The van der Waals surface area contributed by atoms with Crippen LogP contribution in [0.3, 0.4) is 0 Å². The standard InChI is InChI=1S/C12H15NO2/c1-2-3-8-13(11-6-4-9-14-11)12-7-5-10-15-12/h4-7,9-10H,2-3,8H2,1H3. The highest BCUT2D eigenvalue weighted by molar-refractivity contribution is 5.51. The Labute approximate surface area is 89.3 Å². The van der Waals surface area contributed by atoms with Gasteiger partial charge in [0.25, 0.3) is 0 Å². The highest BCUT2D eigenvalue weighted by Gasteiger charge is 2.12. The van der Waals surface area contributed by atoms with Crippen LogP contribution in [-0.2, 0) is 0 Å². The SMILES string of the molecule is CCCCN(c1ccco1)c1ccco1. The molecule has 3 nitrogen and oxygen atoms in total. The number of anilines is 2. The monoisotopic (exact) mass is 205 g/mol. The zero-order valence-electron chi connectivity index (χ0n) is 8.85. The molecule has 0 unspecified atom stereocenters. The Morgan fingerprint density at radius 2 is 1.67 bits per heavy atom. The zero-order valence-corrected chi connectivity index (χ0v) is 8.85. The summed E-state index contributed by atoms with van der Waals surface area (Å²) in [5, 5.41) is 0. The van der Waals surface area contributed by atoms with E-state index in [2.05, 4.69) is 6.92 Å². The van der Waals surface area contributed by atoms with Gasteiger partial charge in [-0.25, -0.2) is 0 Å². The molecule has 0 saturated carbocycles. The Balaban J connectivity index is 2.17. The Morgan fingerprint density at radius 3 is 2.07 bits per heavy atom. The van der Waals surface area contributed by atoms with Gasteiger partial charge in [-0.2, -0.15) is 0 Å². The van der Waals surface area contributed by atoms with Crippen LogP contribution in [0, 0.1) is 0 Å². The lowest BCUT2D eigenvalue weighted by Gasteiger charge is -2.18. The first-order valence-corrected chi connectivity index (χ1v) is 5.26. The fraction of sp³-hybridized carbons (Fsp3) is 0.333. The van der Waals surface area contributed by atoms with Crippen molar-refractivity contribution in [3.05, 3.63) is 36.8 Å². The van der Waals surface area contributed by atoms with E-state index in [1.54, 1.807) is 12.5 Å². The minimum atomic E-state index is 0.832. The van der Waals surface area contributed by atoms with Crippen molar-refractivity contribution < 1.29 is 8.83 Å². The molecule has 0 aromatic carbocycles. The largest absolute Gasteiger partial charge is 0.448 e. The van der Waals surface area contributed by atoms with Gasteiger partial charge in [-0.3, -0.25) is 4.90 Å². The third-order valence-corrected chi connectivity index (χ3v) is 2.28. The summed E-state index contributed by atoms with van der Waals surface area (Å²) in [5.74, 6) is 1.66. The molecule has 0 spiro atoms. The molecule has 80 valence electrons. The summed E-state index contributed by atoms with van der Waals surface area (Å²) in [6.07, 6.45) is 5.62. The second kappa shape index (κ2) is 4.73. The van der Waals surface area contributed by atoms with Crippen LogP contribution in [0.5, 0.6) is 0 Å². The first-order valence-electron chi connectivity index (χ1n) is 5.26. The third-order valence-electron chi connectivity index (χ3n) is 2.28. The molecule has 15 heavy (non-hydrogen) atoms. The summed E-state index contributed by atoms with van der Waals surface area (Å²) in [6.45, 7) is 3.08. The van der Waals surface area contributed by atoms with Gasteiger partial charge in [-0.1, -0.05) is 13.3 Å². The lowest BCUT2D eigenvalue weighted by atomic mass is 10.3. The molecule has 0 atom stereocenters. The second-order valence-electron chi connectivity index (χ2n) is 3.41. The van der Waals surface area contributed by atoms with E-state index in [-0.39, 0.29) is 0 Å². The molecule has 0 radical (unpaired) electrons. The summed E-state index contributed by atoms with van der Waals surface area (Å²) < 4.78 is 10.8. The second-order valence-corrected chi connectivity index (χ2v) is 3.41. The van der Waals surface area contributed by atoms with Gasteiger partial charge in [0.15, 0.2) is 0 Å². The van der Waals surface area contributed by atoms with Crippen molar-refractivity contribution in [3.63, 3.8) is 0 Å².